The molecular formula is C29H37N5O2Si. The van der Waals surface area contributed by atoms with Crippen LogP contribution in [-0.4, -0.2) is 30.1 Å². The fourth-order valence-electron chi connectivity index (χ4n) is 4.60. The molecule has 0 radical (unpaired) electrons. The van der Waals surface area contributed by atoms with E-state index in [9.17, 15) is 15.3 Å². The van der Waals surface area contributed by atoms with E-state index in [2.05, 4.69) is 62.0 Å². The van der Waals surface area contributed by atoms with Gasteiger partial charge in [0.15, 0.2) is 5.69 Å². The number of hydrogen-bond acceptors (Lipinski definition) is 5. The van der Waals surface area contributed by atoms with Crippen molar-refractivity contribution in [2.45, 2.75) is 83.8 Å². The molecule has 7 nitrogen and oxygen atoms in total. The predicted molar refractivity (Wildman–Crippen MR) is 148 cm³/mol. The molecule has 194 valence electrons. The quantitative estimate of drug-likeness (QED) is 0.304. The summed E-state index contributed by atoms with van der Waals surface area (Å²) in [6.45, 7) is 12.2. The maximum atomic E-state index is 13.4. The fraction of sp³-hybridized carbons (Fsp3) is 0.517. The molecule has 0 bridgehead atoms. The Balaban J connectivity index is 1.60. The van der Waals surface area contributed by atoms with Crippen molar-refractivity contribution in [3.63, 3.8) is 0 Å². The Morgan fingerprint density at radius 3 is 2.57 bits per heavy atom. The van der Waals surface area contributed by atoms with Gasteiger partial charge in [-0.2, -0.15) is 10.5 Å². The number of allylic oxidation sites excluding steroid dienone is 2. The Bertz CT molecular complexity index is 1300. The van der Waals surface area contributed by atoms with E-state index in [0.29, 0.717) is 12.3 Å². The van der Waals surface area contributed by atoms with E-state index in [1.807, 2.05) is 18.2 Å². The number of anilines is 1. The van der Waals surface area contributed by atoms with Crippen molar-refractivity contribution in [3.8, 4) is 12.1 Å². The van der Waals surface area contributed by atoms with Crippen LogP contribution in [0.5, 0.6) is 0 Å². The van der Waals surface area contributed by atoms with Crippen LogP contribution >= 0.6 is 0 Å². The van der Waals surface area contributed by atoms with Gasteiger partial charge in [-0.15, -0.1) is 0 Å². The molecule has 1 aromatic heterocycles. The van der Waals surface area contributed by atoms with Crippen molar-refractivity contribution in [1.29, 1.82) is 10.5 Å². The second kappa shape index (κ2) is 10.3. The first-order chi connectivity index (χ1) is 17.5. The Morgan fingerprint density at radius 2 is 1.97 bits per heavy atom. The number of nitriles is 2. The molecule has 0 spiro atoms. The number of carbonyl (C=O) groups is 1. The van der Waals surface area contributed by atoms with Gasteiger partial charge in [0.05, 0.1) is 11.5 Å². The summed E-state index contributed by atoms with van der Waals surface area (Å²) in [6, 6.07) is 11.5. The summed E-state index contributed by atoms with van der Waals surface area (Å²) in [6.07, 6.45) is 8.50. The molecule has 37 heavy (non-hydrogen) atoms. The predicted octanol–water partition coefficient (Wildman–Crippen LogP) is 6.47. The summed E-state index contributed by atoms with van der Waals surface area (Å²) in [7, 11) is -1.24. The standard InChI is InChI=1S/C29H37N5O2Si/c1-28(2)10-8-21(9-11-28)24-16-22(29(19-31)12-13-29)6-7-25(24)33-27(35)26-32-23(17-30)18-34(26)20-36-14-15-37(3,4)5/h6-8,16,18H,9-15,20H2,1-5H3,(H,33,35). The van der Waals surface area contributed by atoms with Crippen LogP contribution in [0.2, 0.25) is 25.7 Å². The van der Waals surface area contributed by atoms with Crippen molar-refractivity contribution in [3.05, 3.63) is 53.1 Å². The van der Waals surface area contributed by atoms with Crippen LogP contribution in [0.3, 0.4) is 0 Å². The van der Waals surface area contributed by atoms with Gasteiger partial charge in [0.2, 0.25) is 5.82 Å². The lowest BCUT2D eigenvalue weighted by atomic mass is 9.76. The SMILES string of the molecule is CC1(C)CC=C(c2cc(C3(C#N)CC3)ccc2NC(=O)c2nc(C#N)cn2COCC[Si](C)(C)C)CC1. The van der Waals surface area contributed by atoms with Gasteiger partial charge >= 0.3 is 0 Å². The van der Waals surface area contributed by atoms with E-state index in [1.165, 1.54) is 5.57 Å². The number of rotatable bonds is 9. The van der Waals surface area contributed by atoms with Gasteiger partial charge in [0, 0.05) is 32.1 Å². The summed E-state index contributed by atoms with van der Waals surface area (Å²) in [5.41, 5.74) is 3.89. The first-order valence-electron chi connectivity index (χ1n) is 13.1. The summed E-state index contributed by atoms with van der Waals surface area (Å²) >= 11 is 0. The van der Waals surface area contributed by atoms with Gasteiger partial charge in [0.1, 0.15) is 12.8 Å². The van der Waals surface area contributed by atoms with E-state index >= 15 is 0 Å². The third-order valence-corrected chi connectivity index (χ3v) is 9.13. The first-order valence-corrected chi connectivity index (χ1v) is 16.8. The molecule has 0 aliphatic heterocycles. The average molecular weight is 516 g/mol. The lowest BCUT2D eigenvalue weighted by molar-refractivity contribution is 0.0808. The summed E-state index contributed by atoms with van der Waals surface area (Å²) in [4.78, 5) is 17.7. The zero-order valence-corrected chi connectivity index (χ0v) is 23.6. The summed E-state index contributed by atoms with van der Waals surface area (Å²) in [5, 5.41) is 22.2. The molecule has 1 heterocycles. The molecule has 1 saturated carbocycles. The van der Waals surface area contributed by atoms with Crippen LogP contribution < -0.4 is 5.32 Å². The van der Waals surface area contributed by atoms with Gasteiger partial charge in [-0.25, -0.2) is 4.98 Å². The number of nitrogens with one attached hydrogen (secondary N) is 1. The maximum Gasteiger partial charge on any atom is 0.291 e. The largest absolute Gasteiger partial charge is 0.361 e. The smallest absolute Gasteiger partial charge is 0.291 e. The minimum atomic E-state index is -1.24. The number of hydrogen-bond donors (Lipinski definition) is 1. The number of imidazole rings is 1. The Hall–Kier alpha value is -3.20. The highest BCUT2D eigenvalue weighted by molar-refractivity contribution is 6.76. The van der Waals surface area contributed by atoms with Crippen LogP contribution in [0, 0.1) is 28.1 Å². The molecule has 2 aromatic rings. The number of benzene rings is 1. The normalized spacial score (nSPS) is 17.9. The summed E-state index contributed by atoms with van der Waals surface area (Å²) in [5.74, 6) is -0.239. The molecule has 0 atom stereocenters. The third-order valence-electron chi connectivity index (χ3n) is 7.42. The monoisotopic (exact) mass is 515 g/mol. The number of carbonyl (C=O) groups excluding carboxylic acids is 1. The first kappa shape index (κ1) is 26.8. The van der Waals surface area contributed by atoms with E-state index in [-0.39, 0.29) is 29.6 Å². The van der Waals surface area contributed by atoms with Crippen molar-refractivity contribution in [1.82, 2.24) is 9.55 Å². The van der Waals surface area contributed by atoms with E-state index in [1.54, 1.807) is 10.8 Å². The molecule has 1 N–H and O–H groups in total. The highest BCUT2D eigenvalue weighted by atomic mass is 28.3. The summed E-state index contributed by atoms with van der Waals surface area (Å²) < 4.78 is 7.43. The molecule has 2 aliphatic carbocycles. The zero-order valence-electron chi connectivity index (χ0n) is 22.6. The van der Waals surface area contributed by atoms with Crippen molar-refractivity contribution in [2.24, 2.45) is 5.41 Å². The Kier molecular flexibility index (Phi) is 7.46. The molecule has 8 heteroatoms. The highest BCUT2D eigenvalue weighted by Gasteiger charge is 2.45. The van der Waals surface area contributed by atoms with Crippen LogP contribution in [-0.2, 0) is 16.9 Å². The average Bonchev–Trinajstić information content (AvgIpc) is 3.54. The van der Waals surface area contributed by atoms with Gasteiger partial charge in [0.25, 0.3) is 5.91 Å². The minimum Gasteiger partial charge on any atom is -0.361 e. The second-order valence-electron chi connectivity index (χ2n) is 12.4. The molecular weight excluding hydrogens is 478 g/mol. The van der Waals surface area contributed by atoms with Crippen LogP contribution in [0.1, 0.15) is 73.4 Å². The van der Waals surface area contributed by atoms with Crippen molar-refractivity contribution in [2.75, 3.05) is 11.9 Å². The van der Waals surface area contributed by atoms with Gasteiger partial charge in [-0.05, 0) is 66.8 Å². The van der Waals surface area contributed by atoms with Crippen molar-refractivity contribution < 1.29 is 9.53 Å². The van der Waals surface area contributed by atoms with Crippen LogP contribution in [0.4, 0.5) is 5.69 Å². The fourth-order valence-corrected chi connectivity index (χ4v) is 5.35. The van der Waals surface area contributed by atoms with Crippen molar-refractivity contribution >= 4 is 25.2 Å². The Labute approximate surface area is 221 Å². The zero-order chi connectivity index (χ0) is 26.8. The van der Waals surface area contributed by atoms with E-state index < -0.39 is 13.5 Å². The van der Waals surface area contributed by atoms with Gasteiger partial charge in [-0.3, -0.25) is 4.79 Å². The highest BCUT2D eigenvalue weighted by Crippen LogP contribution is 2.49. The number of aromatic nitrogens is 2. The molecule has 0 saturated heterocycles. The third kappa shape index (κ3) is 6.39. The molecule has 2 aliphatic rings. The molecule has 0 unspecified atom stereocenters. The molecule has 1 aromatic carbocycles. The number of amides is 1. The van der Waals surface area contributed by atoms with Gasteiger partial charge < -0.3 is 14.6 Å². The topological polar surface area (TPSA) is 104 Å². The number of nitrogens with zero attached hydrogens (tertiary/aromatic N) is 4. The lowest BCUT2D eigenvalue weighted by Gasteiger charge is -2.29. The van der Waals surface area contributed by atoms with E-state index in [0.717, 1.165) is 49.3 Å². The maximum absolute atomic E-state index is 13.4. The van der Waals surface area contributed by atoms with Crippen LogP contribution in [0.15, 0.2) is 30.5 Å². The molecule has 1 amide bonds. The van der Waals surface area contributed by atoms with Crippen LogP contribution in [0.25, 0.3) is 5.57 Å². The van der Waals surface area contributed by atoms with Gasteiger partial charge in [-0.1, -0.05) is 45.6 Å². The number of ether oxygens (including phenoxy) is 1. The minimum absolute atomic E-state index is 0.147. The Morgan fingerprint density at radius 1 is 1.22 bits per heavy atom. The lowest BCUT2D eigenvalue weighted by Crippen LogP contribution is -2.23. The second-order valence-corrected chi connectivity index (χ2v) is 18.0. The molecule has 1 fully saturated rings. The molecule has 4 rings (SSSR count). The van der Waals surface area contributed by atoms with E-state index in [4.69, 9.17) is 4.74 Å².